The van der Waals surface area contributed by atoms with Crippen molar-refractivity contribution < 1.29 is 0 Å². The maximum absolute atomic E-state index is 4.02. The van der Waals surface area contributed by atoms with E-state index in [2.05, 4.69) is 34.6 Å². The monoisotopic (exact) mass is 155 g/mol. The predicted octanol–water partition coefficient (Wildman–Crippen LogP) is 3.92. The van der Waals surface area contributed by atoms with Crippen LogP contribution < -0.4 is 0 Å². The Morgan fingerprint density at radius 3 is 1.55 bits per heavy atom. The first kappa shape index (κ1) is 11.0. The van der Waals surface area contributed by atoms with Crippen LogP contribution in [-0.4, -0.2) is 0 Å². The summed E-state index contributed by atoms with van der Waals surface area (Å²) in [4.78, 5) is 0. The molecular formula is C11H23. The Bertz CT molecular complexity index is 76.0. The molecule has 0 saturated heterocycles. The van der Waals surface area contributed by atoms with E-state index in [4.69, 9.17) is 0 Å². The van der Waals surface area contributed by atoms with Gasteiger partial charge in [0.15, 0.2) is 0 Å². The van der Waals surface area contributed by atoms with Crippen LogP contribution in [0.4, 0.5) is 0 Å². The highest BCUT2D eigenvalue weighted by Gasteiger charge is 2.18. The van der Waals surface area contributed by atoms with Crippen molar-refractivity contribution in [3.63, 3.8) is 0 Å². The van der Waals surface area contributed by atoms with E-state index in [1.165, 1.54) is 12.8 Å². The summed E-state index contributed by atoms with van der Waals surface area (Å²) in [5.74, 6) is 2.54. The SMILES string of the molecule is [CH2]CC(C(C)CC)C(C)CC. The minimum Gasteiger partial charge on any atom is -0.0651 e. The maximum Gasteiger partial charge on any atom is -0.0363 e. The molecule has 0 aliphatic heterocycles. The Kier molecular flexibility index (Phi) is 5.62. The van der Waals surface area contributed by atoms with Crippen LogP contribution in [0.3, 0.4) is 0 Å². The van der Waals surface area contributed by atoms with E-state index in [1.807, 2.05) is 0 Å². The van der Waals surface area contributed by atoms with Gasteiger partial charge in [-0.1, -0.05) is 47.5 Å². The van der Waals surface area contributed by atoms with Crippen molar-refractivity contribution in [2.24, 2.45) is 17.8 Å². The second-order valence-corrected chi connectivity index (χ2v) is 3.72. The fraction of sp³-hybridized carbons (Fsp3) is 0.909. The second-order valence-electron chi connectivity index (χ2n) is 3.72. The van der Waals surface area contributed by atoms with Gasteiger partial charge in [-0.05, 0) is 24.2 Å². The lowest BCUT2D eigenvalue weighted by Crippen LogP contribution is -2.18. The summed E-state index contributed by atoms with van der Waals surface area (Å²) < 4.78 is 0. The first-order valence-corrected chi connectivity index (χ1v) is 4.96. The summed E-state index contributed by atoms with van der Waals surface area (Å²) >= 11 is 0. The normalized spacial score (nSPS) is 19.4. The quantitative estimate of drug-likeness (QED) is 0.564. The molecule has 1 radical (unpaired) electrons. The van der Waals surface area contributed by atoms with Gasteiger partial charge < -0.3 is 0 Å². The lowest BCUT2D eigenvalue weighted by Gasteiger charge is -2.27. The molecule has 2 unspecified atom stereocenters. The lowest BCUT2D eigenvalue weighted by atomic mass is 9.79. The fourth-order valence-electron chi connectivity index (χ4n) is 1.74. The number of hydrogen-bond donors (Lipinski definition) is 0. The molecule has 0 N–H and O–H groups in total. The van der Waals surface area contributed by atoms with Gasteiger partial charge >= 0.3 is 0 Å². The molecule has 0 nitrogen and oxygen atoms in total. The van der Waals surface area contributed by atoms with Gasteiger partial charge in [0.1, 0.15) is 0 Å². The molecule has 0 saturated carbocycles. The average molecular weight is 155 g/mol. The van der Waals surface area contributed by atoms with E-state index in [0.29, 0.717) is 0 Å². The van der Waals surface area contributed by atoms with Gasteiger partial charge in [-0.25, -0.2) is 0 Å². The zero-order chi connectivity index (χ0) is 8.85. The summed E-state index contributed by atoms with van der Waals surface area (Å²) in [6, 6.07) is 0. The summed E-state index contributed by atoms with van der Waals surface area (Å²) in [6.07, 6.45) is 3.69. The Morgan fingerprint density at radius 1 is 1.00 bits per heavy atom. The summed E-state index contributed by atoms with van der Waals surface area (Å²) in [5.41, 5.74) is 0. The van der Waals surface area contributed by atoms with E-state index in [9.17, 15) is 0 Å². The van der Waals surface area contributed by atoms with Gasteiger partial charge in [0.25, 0.3) is 0 Å². The molecule has 0 aliphatic carbocycles. The molecule has 0 aromatic carbocycles. The Hall–Kier alpha value is 0. The molecule has 0 heteroatoms. The van der Waals surface area contributed by atoms with Crippen LogP contribution in [0.2, 0.25) is 0 Å². The molecule has 0 aliphatic rings. The van der Waals surface area contributed by atoms with Crippen LogP contribution in [0.5, 0.6) is 0 Å². The lowest BCUT2D eigenvalue weighted by molar-refractivity contribution is 0.244. The van der Waals surface area contributed by atoms with Gasteiger partial charge in [-0.2, -0.15) is 0 Å². The predicted molar refractivity (Wildman–Crippen MR) is 52.4 cm³/mol. The Balaban J connectivity index is 3.92. The molecule has 0 spiro atoms. The van der Waals surface area contributed by atoms with Gasteiger partial charge in [-0.3, -0.25) is 0 Å². The zero-order valence-corrected chi connectivity index (χ0v) is 8.56. The first-order chi connectivity index (χ1) is 5.17. The highest BCUT2D eigenvalue weighted by molar-refractivity contribution is 4.71. The standard InChI is InChI=1S/C11H23/c1-6-9(4)11(8-3)10(5)7-2/h9-11H,3,6-8H2,1-2,4-5H3. The van der Waals surface area contributed by atoms with Crippen molar-refractivity contribution in [2.75, 3.05) is 0 Å². The van der Waals surface area contributed by atoms with Crippen LogP contribution in [0.1, 0.15) is 47.0 Å². The van der Waals surface area contributed by atoms with Crippen molar-refractivity contribution in [2.45, 2.75) is 47.0 Å². The van der Waals surface area contributed by atoms with Crippen LogP contribution in [0.15, 0.2) is 0 Å². The highest BCUT2D eigenvalue weighted by atomic mass is 14.2. The average Bonchev–Trinajstić information content (AvgIpc) is 2.05. The topological polar surface area (TPSA) is 0 Å². The summed E-state index contributed by atoms with van der Waals surface area (Å²) in [7, 11) is 0. The smallest absolute Gasteiger partial charge is 0.0363 e. The molecule has 0 aromatic heterocycles. The summed E-state index contributed by atoms with van der Waals surface area (Å²) in [6.45, 7) is 13.3. The summed E-state index contributed by atoms with van der Waals surface area (Å²) in [5, 5.41) is 0. The zero-order valence-electron chi connectivity index (χ0n) is 8.56. The highest BCUT2D eigenvalue weighted by Crippen LogP contribution is 2.28. The maximum atomic E-state index is 4.02. The minimum absolute atomic E-state index is 0.838. The van der Waals surface area contributed by atoms with Crippen molar-refractivity contribution in [1.82, 2.24) is 0 Å². The van der Waals surface area contributed by atoms with Crippen molar-refractivity contribution in [3.05, 3.63) is 6.92 Å². The van der Waals surface area contributed by atoms with Gasteiger partial charge in [0.2, 0.25) is 0 Å². The third-order valence-corrected chi connectivity index (χ3v) is 3.08. The molecule has 0 rings (SSSR count). The van der Waals surface area contributed by atoms with Gasteiger partial charge in [-0.15, -0.1) is 0 Å². The van der Waals surface area contributed by atoms with Crippen molar-refractivity contribution in [1.29, 1.82) is 0 Å². The number of rotatable bonds is 5. The second kappa shape index (κ2) is 5.62. The molecular weight excluding hydrogens is 132 g/mol. The first-order valence-electron chi connectivity index (χ1n) is 4.96. The van der Waals surface area contributed by atoms with Gasteiger partial charge in [0, 0.05) is 0 Å². The van der Waals surface area contributed by atoms with E-state index < -0.39 is 0 Å². The molecule has 0 bridgehead atoms. The molecule has 0 fully saturated rings. The van der Waals surface area contributed by atoms with Gasteiger partial charge in [0.05, 0.1) is 0 Å². The van der Waals surface area contributed by atoms with Crippen LogP contribution in [0.25, 0.3) is 0 Å². The van der Waals surface area contributed by atoms with Crippen LogP contribution in [-0.2, 0) is 0 Å². The Morgan fingerprint density at radius 2 is 1.36 bits per heavy atom. The van der Waals surface area contributed by atoms with E-state index in [1.54, 1.807) is 0 Å². The molecule has 11 heavy (non-hydrogen) atoms. The third kappa shape index (κ3) is 3.27. The largest absolute Gasteiger partial charge is 0.0651 e. The third-order valence-electron chi connectivity index (χ3n) is 3.08. The van der Waals surface area contributed by atoms with Crippen LogP contribution in [0, 0.1) is 24.7 Å². The molecule has 0 heterocycles. The minimum atomic E-state index is 0.838. The molecule has 0 aromatic rings. The molecule has 0 amide bonds. The van der Waals surface area contributed by atoms with Crippen molar-refractivity contribution >= 4 is 0 Å². The van der Waals surface area contributed by atoms with Crippen molar-refractivity contribution in [3.8, 4) is 0 Å². The van der Waals surface area contributed by atoms with Crippen LogP contribution >= 0.6 is 0 Å². The molecule has 67 valence electrons. The van der Waals surface area contributed by atoms with E-state index in [-0.39, 0.29) is 0 Å². The molecule has 2 atom stereocenters. The fourth-order valence-corrected chi connectivity index (χ4v) is 1.74. The number of hydrogen-bond acceptors (Lipinski definition) is 0. The van der Waals surface area contributed by atoms with E-state index >= 15 is 0 Å². The van der Waals surface area contributed by atoms with E-state index in [0.717, 1.165) is 24.2 Å². The Labute approximate surface area is 72.4 Å².